The summed E-state index contributed by atoms with van der Waals surface area (Å²) in [6.07, 6.45) is 5.27. The minimum absolute atomic E-state index is 0.162. The van der Waals surface area contributed by atoms with Crippen LogP contribution in [0.5, 0.6) is 0 Å². The molecule has 96 valence electrons. The van der Waals surface area contributed by atoms with Gasteiger partial charge in [0.05, 0.1) is 12.3 Å². The smallest absolute Gasteiger partial charge is 0.122 e. The molecule has 0 radical (unpaired) electrons. The highest BCUT2D eigenvalue weighted by molar-refractivity contribution is 5.08. The second kappa shape index (κ2) is 5.69. The fraction of sp³-hybridized carbons (Fsp3) is 0.714. The molecule has 1 aliphatic rings. The first-order valence-electron chi connectivity index (χ1n) is 6.75. The van der Waals surface area contributed by atoms with Gasteiger partial charge in [-0.2, -0.15) is 0 Å². The average molecular weight is 236 g/mol. The van der Waals surface area contributed by atoms with Crippen LogP contribution in [-0.2, 0) is 0 Å². The Labute approximate surface area is 104 Å². The van der Waals surface area contributed by atoms with Crippen LogP contribution < -0.4 is 5.73 Å². The Morgan fingerprint density at radius 3 is 2.71 bits per heavy atom. The molecule has 1 aromatic rings. The molecule has 2 unspecified atom stereocenters. The van der Waals surface area contributed by atoms with Crippen molar-refractivity contribution in [3.63, 3.8) is 0 Å². The van der Waals surface area contributed by atoms with Crippen molar-refractivity contribution in [2.24, 2.45) is 11.7 Å². The number of furan rings is 1. The number of piperidine rings is 1. The molecule has 0 aromatic carbocycles. The highest BCUT2D eigenvalue weighted by Crippen LogP contribution is 2.29. The molecule has 0 amide bonds. The van der Waals surface area contributed by atoms with E-state index in [-0.39, 0.29) is 12.1 Å². The Kier molecular flexibility index (Phi) is 4.24. The highest BCUT2D eigenvalue weighted by Gasteiger charge is 2.30. The van der Waals surface area contributed by atoms with Gasteiger partial charge in [0, 0.05) is 6.04 Å². The maximum atomic E-state index is 6.27. The molecule has 1 aliphatic heterocycles. The molecular formula is C14H24N2O. The Morgan fingerprint density at radius 1 is 1.47 bits per heavy atom. The first kappa shape index (κ1) is 12.7. The van der Waals surface area contributed by atoms with E-state index in [0.29, 0.717) is 0 Å². The predicted octanol–water partition coefficient (Wildman–Crippen LogP) is 2.79. The van der Waals surface area contributed by atoms with Crippen molar-refractivity contribution in [1.29, 1.82) is 0 Å². The van der Waals surface area contributed by atoms with Gasteiger partial charge in [0.25, 0.3) is 0 Å². The van der Waals surface area contributed by atoms with E-state index >= 15 is 0 Å². The monoisotopic (exact) mass is 236 g/mol. The van der Waals surface area contributed by atoms with Gasteiger partial charge in [-0.05, 0) is 50.4 Å². The molecule has 2 heterocycles. The third-order valence-corrected chi connectivity index (χ3v) is 3.92. The van der Waals surface area contributed by atoms with Gasteiger partial charge in [0.2, 0.25) is 0 Å². The van der Waals surface area contributed by atoms with Gasteiger partial charge in [-0.1, -0.05) is 13.8 Å². The zero-order valence-electron chi connectivity index (χ0n) is 10.9. The molecule has 17 heavy (non-hydrogen) atoms. The van der Waals surface area contributed by atoms with E-state index in [1.165, 1.54) is 12.8 Å². The lowest BCUT2D eigenvalue weighted by Gasteiger charge is -2.38. The lowest BCUT2D eigenvalue weighted by Crippen LogP contribution is -2.44. The second-order valence-corrected chi connectivity index (χ2v) is 5.25. The number of nitrogens with two attached hydrogens (primary N) is 1. The normalized spacial score (nSPS) is 22.5. The number of rotatable bonds is 4. The summed E-state index contributed by atoms with van der Waals surface area (Å²) in [5.41, 5.74) is 6.27. The first-order chi connectivity index (χ1) is 8.22. The summed E-state index contributed by atoms with van der Waals surface area (Å²) in [5.74, 6) is 1.87. The van der Waals surface area contributed by atoms with Gasteiger partial charge >= 0.3 is 0 Å². The van der Waals surface area contributed by atoms with Crippen LogP contribution in [0, 0.1) is 5.92 Å². The number of hydrogen-bond donors (Lipinski definition) is 1. The van der Waals surface area contributed by atoms with Gasteiger partial charge in [-0.3, -0.25) is 4.90 Å². The molecule has 2 atom stereocenters. The third-order valence-electron chi connectivity index (χ3n) is 3.92. The fourth-order valence-electron chi connectivity index (χ4n) is 2.65. The zero-order chi connectivity index (χ0) is 12.3. The second-order valence-electron chi connectivity index (χ2n) is 5.25. The van der Waals surface area contributed by atoms with Gasteiger partial charge in [0.15, 0.2) is 0 Å². The predicted molar refractivity (Wildman–Crippen MR) is 69.7 cm³/mol. The number of likely N-dealkylation sites (tertiary alicyclic amines) is 1. The maximum Gasteiger partial charge on any atom is 0.122 e. The summed E-state index contributed by atoms with van der Waals surface area (Å²) < 4.78 is 5.58. The molecule has 1 aromatic heterocycles. The largest absolute Gasteiger partial charge is 0.468 e. The molecule has 2 rings (SSSR count). The molecule has 1 saturated heterocycles. The summed E-state index contributed by atoms with van der Waals surface area (Å²) in [4.78, 5) is 2.49. The van der Waals surface area contributed by atoms with E-state index in [1.54, 1.807) is 6.26 Å². The Balaban J connectivity index is 2.10. The van der Waals surface area contributed by atoms with Crippen LogP contribution in [-0.4, -0.2) is 24.0 Å². The Morgan fingerprint density at radius 2 is 2.18 bits per heavy atom. The van der Waals surface area contributed by atoms with E-state index in [9.17, 15) is 0 Å². The van der Waals surface area contributed by atoms with E-state index < -0.39 is 0 Å². The van der Waals surface area contributed by atoms with Crippen molar-refractivity contribution in [1.82, 2.24) is 4.90 Å². The van der Waals surface area contributed by atoms with E-state index in [2.05, 4.69) is 24.8 Å². The molecule has 2 N–H and O–H groups in total. The molecule has 0 spiro atoms. The van der Waals surface area contributed by atoms with Crippen LogP contribution >= 0.6 is 0 Å². The first-order valence-corrected chi connectivity index (χ1v) is 6.75. The van der Waals surface area contributed by atoms with Crippen LogP contribution in [0.1, 0.15) is 44.9 Å². The molecule has 0 aliphatic carbocycles. The summed E-state index contributed by atoms with van der Waals surface area (Å²) in [7, 11) is 0. The summed E-state index contributed by atoms with van der Waals surface area (Å²) in [6, 6.07) is 4.42. The average Bonchev–Trinajstić information content (AvgIpc) is 2.85. The standard InChI is InChI=1S/C14H24N2O/c1-3-12(15)14(13-5-4-10-17-13)16-8-6-11(2)7-9-16/h4-5,10-12,14H,3,6-9,15H2,1-2H3. The van der Waals surface area contributed by atoms with Crippen LogP contribution in [0.25, 0.3) is 0 Å². The highest BCUT2D eigenvalue weighted by atomic mass is 16.3. The summed E-state index contributed by atoms with van der Waals surface area (Å²) >= 11 is 0. The third kappa shape index (κ3) is 2.90. The molecule has 3 heteroatoms. The van der Waals surface area contributed by atoms with E-state index in [1.807, 2.05) is 6.07 Å². The lowest BCUT2D eigenvalue weighted by molar-refractivity contribution is 0.104. The van der Waals surface area contributed by atoms with Crippen molar-refractivity contribution in [2.45, 2.75) is 45.2 Å². The van der Waals surface area contributed by atoms with Crippen molar-refractivity contribution in [3.8, 4) is 0 Å². The van der Waals surface area contributed by atoms with Crippen molar-refractivity contribution in [3.05, 3.63) is 24.2 Å². The van der Waals surface area contributed by atoms with Crippen molar-refractivity contribution in [2.75, 3.05) is 13.1 Å². The van der Waals surface area contributed by atoms with Crippen LogP contribution in [0.2, 0.25) is 0 Å². The van der Waals surface area contributed by atoms with Gasteiger partial charge < -0.3 is 10.2 Å². The minimum atomic E-state index is 0.162. The Bertz CT molecular complexity index is 315. The fourth-order valence-corrected chi connectivity index (χ4v) is 2.65. The summed E-state index contributed by atoms with van der Waals surface area (Å²) in [5, 5.41) is 0. The van der Waals surface area contributed by atoms with E-state index in [4.69, 9.17) is 10.2 Å². The molecule has 1 fully saturated rings. The molecule has 3 nitrogen and oxygen atoms in total. The number of hydrogen-bond acceptors (Lipinski definition) is 3. The quantitative estimate of drug-likeness (QED) is 0.874. The molecule has 0 bridgehead atoms. The molecule has 0 saturated carbocycles. The number of nitrogens with zero attached hydrogens (tertiary/aromatic N) is 1. The van der Waals surface area contributed by atoms with Crippen molar-refractivity contribution >= 4 is 0 Å². The van der Waals surface area contributed by atoms with Crippen LogP contribution in [0.4, 0.5) is 0 Å². The van der Waals surface area contributed by atoms with Crippen LogP contribution in [0.3, 0.4) is 0 Å². The molecular weight excluding hydrogens is 212 g/mol. The SMILES string of the molecule is CCC(N)C(c1ccco1)N1CCC(C)CC1. The summed E-state index contributed by atoms with van der Waals surface area (Å²) in [6.45, 7) is 6.76. The Hall–Kier alpha value is -0.800. The van der Waals surface area contributed by atoms with Crippen molar-refractivity contribution < 1.29 is 4.42 Å². The van der Waals surface area contributed by atoms with Crippen LogP contribution in [0.15, 0.2) is 22.8 Å². The van der Waals surface area contributed by atoms with E-state index in [0.717, 1.165) is 31.2 Å². The van der Waals surface area contributed by atoms with Gasteiger partial charge in [-0.25, -0.2) is 0 Å². The zero-order valence-corrected chi connectivity index (χ0v) is 10.9. The minimum Gasteiger partial charge on any atom is -0.468 e. The lowest BCUT2D eigenvalue weighted by atomic mass is 9.94. The topological polar surface area (TPSA) is 42.4 Å². The van der Waals surface area contributed by atoms with Gasteiger partial charge in [0.1, 0.15) is 5.76 Å². The van der Waals surface area contributed by atoms with Gasteiger partial charge in [-0.15, -0.1) is 0 Å². The maximum absolute atomic E-state index is 6.27.